The number of hydrogen-bond acceptors (Lipinski definition) is 22. The molecule has 11 aliphatic heterocycles. The number of benzene rings is 1. The van der Waals surface area contributed by atoms with E-state index in [4.69, 9.17) is 64.7 Å². The maximum atomic E-state index is 14.7. The molecular weight excluding hydrogens is 1480 g/mol. The Morgan fingerprint density at radius 1 is 0.794 bits per heavy atom. The van der Waals surface area contributed by atoms with E-state index in [2.05, 4.69) is 61.2 Å². The molecule has 2 aromatic heterocycles. The Morgan fingerprint density at radius 3 is 2.33 bits per heavy atom. The number of Topliss-reactive ketones (excluding diaryl/α,β-unsaturated/α-hetero) is 1. The van der Waals surface area contributed by atoms with Gasteiger partial charge in [0.2, 0.25) is 17.7 Å². The summed E-state index contributed by atoms with van der Waals surface area (Å²) in [5.41, 5.74) is 4.67. The number of ketones is 1. The van der Waals surface area contributed by atoms with E-state index in [1.54, 1.807) is 48.5 Å². The molecule has 13 heterocycles. The smallest absolute Gasteiger partial charge is 0.412 e. The Bertz CT molecular complexity index is 3410. The number of methoxy groups -OCH3 is 1. The number of aryl methyl sites for hydroxylation is 1. The Kier molecular flexibility index (Phi) is 26.0. The fourth-order valence-electron chi connectivity index (χ4n) is 17.0. The fourth-order valence-corrected chi connectivity index (χ4v) is 17.1. The number of hydrogen-bond donors (Lipinski definition) is 3. The summed E-state index contributed by atoms with van der Waals surface area (Å²) in [6, 6.07) is 5.25. The first-order valence-electron chi connectivity index (χ1n) is 37.0. The molecule has 11 aliphatic rings. The zero-order valence-electron chi connectivity index (χ0n) is 59.7. The number of fused-ring (bicyclic) bond motifs is 6. The van der Waals surface area contributed by atoms with Gasteiger partial charge < -0.3 is 85.6 Å². The molecule has 3 N–H and O–H groups in total. The molecule has 3 aromatic rings. The van der Waals surface area contributed by atoms with Gasteiger partial charge in [0.25, 0.3) is 0 Å². The first-order valence-corrected chi connectivity index (χ1v) is 37.4. The first kappa shape index (κ1) is 77.0. The van der Waals surface area contributed by atoms with E-state index in [0.29, 0.717) is 74.9 Å². The number of amides is 4. The topological polar surface area (TPSA) is 286 Å². The zero-order chi connectivity index (χ0) is 70.6. The van der Waals surface area contributed by atoms with Crippen molar-refractivity contribution in [2.45, 2.75) is 283 Å². The van der Waals surface area contributed by atoms with Crippen LogP contribution < -0.4 is 16.0 Å². The van der Waals surface area contributed by atoms with Crippen molar-refractivity contribution < 1.29 is 115 Å². The predicted octanol–water partition coefficient (Wildman–Crippen LogP) is 7.62. The van der Waals surface area contributed by atoms with Crippen molar-refractivity contribution in [1.82, 2.24) is 45.4 Å². The molecule has 2 unspecified atom stereocenters. The Balaban J connectivity index is 0.00000982. The summed E-state index contributed by atoms with van der Waals surface area (Å²) < 4.78 is 75.3. The van der Waals surface area contributed by atoms with Gasteiger partial charge in [-0.25, -0.2) is 4.79 Å². The van der Waals surface area contributed by atoms with Gasteiger partial charge in [-0.15, -0.1) is 5.10 Å². The van der Waals surface area contributed by atoms with Crippen LogP contribution in [0.4, 0.5) is 10.5 Å². The van der Waals surface area contributed by atoms with Crippen molar-refractivity contribution in [3.8, 4) is 11.3 Å². The molecule has 14 rings (SSSR count). The van der Waals surface area contributed by atoms with Crippen LogP contribution in [0.5, 0.6) is 0 Å². The molecule has 561 valence electrons. The van der Waals surface area contributed by atoms with Crippen molar-refractivity contribution in [2.75, 3.05) is 46.3 Å². The summed E-state index contributed by atoms with van der Waals surface area (Å²) in [5.74, 6) is -2.23. The minimum Gasteiger partial charge on any atom is -0.740 e. The van der Waals surface area contributed by atoms with Gasteiger partial charge >= 0.3 is 6.09 Å². The van der Waals surface area contributed by atoms with Crippen molar-refractivity contribution in [1.29, 1.82) is 0 Å². The molecular formula is C74H103N10O16STb-. The minimum absolute atomic E-state index is 0. The van der Waals surface area contributed by atoms with Crippen LogP contribution in [0.2, 0.25) is 0 Å². The standard InChI is InChI=1S/C74H104N10O16S.Tb/c1-41(2)63(79-62(86)15-10-9-12-27-84-38-55(80-81-84)46-35-75-72(101)76-36-46)71(88)78-54(14-11-13-26-82(6)7)70(87)77-47-18-16-45(17-19-47)39-91-73(89)83-37-52(92-40-83)32-60-64(90-8)53-31-48(85)30-50-21-23-57-65(95-50)69-68-67(97-57)66-61(98-68)34-74(99-66,100-69)25-24-51-29-43(4)56(93-51)22-20-49-28-42(3)44(5)58(94-49)33-59(53)96-60;/h16-19,35-36,38,41-42,49-54,56-61,63-69H,4-5,9-15,20-34,37,39-40H2,1-3,6-8H3,(H,77,87)(H,78,88)(H,79,86)(H,75,76,101);/p-1/t42-,49+,50-,51+,52+,53+,54+,56?,57+,58-,59+,60-,61?,63+,64-,65+,66+,67+,68-,69+,74+;/m1./s1. The first-order chi connectivity index (χ1) is 48.7. The van der Waals surface area contributed by atoms with Crippen molar-refractivity contribution in [2.24, 2.45) is 17.8 Å². The van der Waals surface area contributed by atoms with E-state index in [9.17, 15) is 24.0 Å². The van der Waals surface area contributed by atoms with E-state index in [0.717, 1.165) is 81.0 Å². The molecule has 0 aliphatic carbocycles. The third-order valence-corrected chi connectivity index (χ3v) is 22.6. The molecule has 1 aromatic carbocycles. The summed E-state index contributed by atoms with van der Waals surface area (Å²) >= 11 is 4.98. The SMILES string of the molecule is C=C1C[C@@H]2CC[C@@]34CC5O[C@H]6[C@@H](O3)[C@H]3O[C@H](CC[C@@H]3O[C@H]6[C@H]5O4)CC(=O)C[C@@H]3[C@@H](OC)[C@@H](C[C@H]4CN(C(=O)OCc5ccc(NC(=O)[C@H](CCCCN(C)C)NC(=O)[C@@H](NC(=O)CCCCCn6cc(-c7cnc([S-])nc7)nn6)C(C)C)cc5)CO4)O[C@H]3C[C@H]3O[C@@H](CCC1O2)C[C@@H](C)C3=C.[Tb]. The van der Waals surface area contributed by atoms with Gasteiger partial charge in [-0.05, 0) is 138 Å². The molecule has 0 saturated carbocycles. The van der Waals surface area contributed by atoms with Crippen LogP contribution in [-0.4, -0.2) is 221 Å². The molecule has 12 bridgehead atoms. The van der Waals surface area contributed by atoms with Gasteiger partial charge in [-0.3, -0.25) is 38.7 Å². The van der Waals surface area contributed by atoms with Crippen LogP contribution in [0.3, 0.4) is 0 Å². The van der Waals surface area contributed by atoms with Gasteiger partial charge in [0, 0.05) is 132 Å². The molecule has 1 spiro atoms. The molecule has 11 fully saturated rings. The summed E-state index contributed by atoms with van der Waals surface area (Å²) in [4.78, 5) is 81.3. The van der Waals surface area contributed by atoms with Crippen LogP contribution in [-0.2, 0) is 97.1 Å². The van der Waals surface area contributed by atoms with Crippen molar-refractivity contribution in [3.63, 3.8) is 0 Å². The van der Waals surface area contributed by atoms with E-state index >= 15 is 0 Å². The molecule has 102 heavy (non-hydrogen) atoms. The van der Waals surface area contributed by atoms with Crippen LogP contribution in [0.15, 0.2) is 72.3 Å². The largest absolute Gasteiger partial charge is 0.740 e. The average molecular weight is 1580 g/mol. The van der Waals surface area contributed by atoms with Crippen LogP contribution in [0, 0.1) is 56.4 Å². The molecule has 21 atom stereocenters. The molecule has 26 nitrogen and oxygen atoms in total. The second-order valence-corrected chi connectivity index (χ2v) is 30.9. The van der Waals surface area contributed by atoms with E-state index in [1.807, 2.05) is 34.1 Å². The van der Waals surface area contributed by atoms with E-state index < -0.39 is 72.4 Å². The summed E-state index contributed by atoms with van der Waals surface area (Å²) in [7, 11) is 5.64. The average Bonchev–Trinajstić information content (AvgIpc) is 1.55. The number of carbonyl (C=O) groups excluding carboxylic acids is 5. The summed E-state index contributed by atoms with van der Waals surface area (Å²) in [6.45, 7) is 16.6. The number of rotatable bonds is 23. The summed E-state index contributed by atoms with van der Waals surface area (Å²) in [6.07, 6.45) is 12.3. The number of nitrogens with one attached hydrogen (secondary N) is 3. The van der Waals surface area contributed by atoms with Gasteiger partial charge in [0.05, 0.1) is 79.9 Å². The van der Waals surface area contributed by atoms with Gasteiger partial charge in [-0.2, -0.15) is 0 Å². The van der Waals surface area contributed by atoms with Gasteiger partial charge in [-0.1, -0.05) is 57.7 Å². The Morgan fingerprint density at radius 2 is 1.55 bits per heavy atom. The summed E-state index contributed by atoms with van der Waals surface area (Å²) in [5, 5.41) is 17.5. The number of carbonyl (C=O) groups is 5. The van der Waals surface area contributed by atoms with Crippen LogP contribution in [0.25, 0.3) is 11.3 Å². The number of nitrogens with zero attached hydrogens (tertiary/aromatic N) is 7. The normalized spacial score (nSPS) is 34.0. The molecule has 11 saturated heterocycles. The maximum absolute atomic E-state index is 14.7. The fraction of sp³-hybridized carbons (Fsp3) is 0.716. The van der Waals surface area contributed by atoms with Gasteiger partial charge in [0.1, 0.15) is 67.4 Å². The third kappa shape index (κ3) is 18.5. The van der Waals surface area contributed by atoms with Gasteiger partial charge in [0.15, 0.2) is 5.79 Å². The van der Waals surface area contributed by atoms with E-state index in [1.165, 1.54) is 4.90 Å². The number of ether oxygens (including phenoxy) is 11. The number of unbranched alkanes of at least 4 members (excludes halogenated alkanes) is 3. The minimum atomic E-state index is -0.881. The molecule has 1 radical (unpaired) electrons. The van der Waals surface area contributed by atoms with E-state index in [-0.39, 0.29) is 173 Å². The van der Waals surface area contributed by atoms with Crippen molar-refractivity contribution >= 4 is 47.9 Å². The van der Waals surface area contributed by atoms with Crippen LogP contribution >= 0.6 is 0 Å². The second kappa shape index (κ2) is 34.5. The van der Waals surface area contributed by atoms with Crippen molar-refractivity contribution in [3.05, 3.63) is 72.7 Å². The second-order valence-electron chi connectivity index (χ2n) is 30.5. The molecule has 4 amide bonds. The molecule has 28 heteroatoms. The Hall–Kier alpha value is -4.66. The number of aromatic nitrogens is 5. The number of anilines is 1. The predicted molar refractivity (Wildman–Crippen MR) is 369 cm³/mol. The maximum Gasteiger partial charge on any atom is 0.412 e. The monoisotopic (exact) mass is 1580 g/mol. The Labute approximate surface area is 634 Å². The quantitative estimate of drug-likeness (QED) is 0.0356. The zero-order valence-corrected chi connectivity index (χ0v) is 62.6. The van der Waals surface area contributed by atoms with Crippen LogP contribution in [0.1, 0.15) is 155 Å². The third-order valence-electron chi connectivity index (χ3n) is 22.4.